The Morgan fingerprint density at radius 1 is 1.52 bits per heavy atom. The third-order valence-corrected chi connectivity index (χ3v) is 5.46. The summed E-state index contributed by atoms with van der Waals surface area (Å²) in [7, 11) is 2.10. The number of guanidine groups is 1. The second-order valence-electron chi connectivity index (χ2n) is 6.52. The van der Waals surface area contributed by atoms with Gasteiger partial charge in [-0.25, -0.2) is 4.98 Å². The molecule has 2 aliphatic carbocycles. The van der Waals surface area contributed by atoms with Crippen molar-refractivity contribution in [1.29, 1.82) is 0 Å². The zero-order valence-corrected chi connectivity index (χ0v) is 14.2. The zero-order chi connectivity index (χ0) is 14.9. The quantitative estimate of drug-likeness (QED) is 0.649. The first kappa shape index (κ1) is 14.8. The lowest BCUT2D eigenvalue weighted by atomic mass is 10.0. The van der Waals surface area contributed by atoms with Crippen molar-refractivity contribution in [2.45, 2.75) is 46.1 Å². The van der Waals surface area contributed by atoms with Crippen LogP contribution in [0.5, 0.6) is 0 Å². The van der Waals surface area contributed by atoms with Gasteiger partial charge < -0.3 is 10.2 Å². The summed E-state index contributed by atoms with van der Waals surface area (Å²) in [5, 5.41) is 6.69. The highest BCUT2D eigenvalue weighted by molar-refractivity contribution is 7.09. The number of aryl methyl sites for hydroxylation is 1. The van der Waals surface area contributed by atoms with Crippen LogP contribution >= 0.6 is 11.3 Å². The predicted octanol–water partition coefficient (Wildman–Crippen LogP) is 3.04. The number of rotatable bonds is 6. The van der Waals surface area contributed by atoms with Gasteiger partial charge in [-0.3, -0.25) is 4.99 Å². The van der Waals surface area contributed by atoms with Crippen LogP contribution in [-0.2, 0) is 6.54 Å². The Balaban J connectivity index is 1.62. The van der Waals surface area contributed by atoms with Crippen molar-refractivity contribution in [3.8, 4) is 0 Å². The maximum atomic E-state index is 4.92. The van der Waals surface area contributed by atoms with E-state index >= 15 is 0 Å². The molecule has 0 saturated heterocycles. The third kappa shape index (κ3) is 3.57. The second-order valence-corrected chi connectivity index (χ2v) is 7.58. The van der Waals surface area contributed by atoms with Crippen LogP contribution in [0.25, 0.3) is 0 Å². The van der Waals surface area contributed by atoms with Gasteiger partial charge in [-0.15, -0.1) is 11.3 Å². The zero-order valence-electron chi connectivity index (χ0n) is 13.4. The first-order chi connectivity index (χ1) is 10.1. The van der Waals surface area contributed by atoms with Crippen molar-refractivity contribution in [3.63, 3.8) is 0 Å². The predicted molar refractivity (Wildman–Crippen MR) is 88.7 cm³/mol. The third-order valence-electron chi connectivity index (χ3n) is 4.64. The molecule has 2 fully saturated rings. The van der Waals surface area contributed by atoms with Crippen LogP contribution in [0.3, 0.4) is 0 Å². The van der Waals surface area contributed by atoms with Gasteiger partial charge in [0.1, 0.15) is 0 Å². The summed E-state index contributed by atoms with van der Waals surface area (Å²) in [4.78, 5) is 11.7. The molecule has 0 unspecified atom stereocenters. The van der Waals surface area contributed by atoms with E-state index in [0.717, 1.165) is 42.2 Å². The van der Waals surface area contributed by atoms with E-state index < -0.39 is 0 Å². The smallest absolute Gasteiger partial charge is 0.194 e. The molecule has 116 valence electrons. The van der Waals surface area contributed by atoms with Gasteiger partial charge >= 0.3 is 0 Å². The van der Waals surface area contributed by atoms with Gasteiger partial charge in [0.2, 0.25) is 0 Å². The van der Waals surface area contributed by atoms with Gasteiger partial charge in [-0.1, -0.05) is 0 Å². The minimum absolute atomic E-state index is 0.568. The van der Waals surface area contributed by atoms with Crippen molar-refractivity contribution >= 4 is 17.3 Å². The number of nitrogens with zero attached hydrogens (tertiary/aromatic N) is 3. The van der Waals surface area contributed by atoms with Gasteiger partial charge in [-0.2, -0.15) is 0 Å². The van der Waals surface area contributed by atoms with Crippen molar-refractivity contribution < 1.29 is 0 Å². The molecule has 21 heavy (non-hydrogen) atoms. The lowest BCUT2D eigenvalue weighted by molar-refractivity contribution is 0.434. The van der Waals surface area contributed by atoms with Crippen LogP contribution in [0.4, 0.5) is 0 Å². The molecule has 0 aromatic carbocycles. The summed E-state index contributed by atoms with van der Waals surface area (Å²) in [6, 6.07) is 0. The van der Waals surface area contributed by atoms with Crippen LogP contribution in [-0.4, -0.2) is 36.0 Å². The minimum atomic E-state index is 0.568. The van der Waals surface area contributed by atoms with E-state index in [9.17, 15) is 0 Å². The summed E-state index contributed by atoms with van der Waals surface area (Å²) >= 11 is 1.71. The van der Waals surface area contributed by atoms with E-state index in [4.69, 9.17) is 4.99 Å². The summed E-state index contributed by atoms with van der Waals surface area (Å²) in [6.45, 7) is 6.92. The van der Waals surface area contributed by atoms with Crippen LogP contribution in [0.2, 0.25) is 0 Å². The SMILES string of the molecule is CCNC(=NCC1(C2CC2)CC1)N(C)Cc1csc(C)n1. The molecule has 0 radical (unpaired) electrons. The Morgan fingerprint density at radius 2 is 2.29 bits per heavy atom. The van der Waals surface area contributed by atoms with Gasteiger partial charge in [0.05, 0.1) is 17.2 Å². The van der Waals surface area contributed by atoms with Gasteiger partial charge in [-0.05, 0) is 50.9 Å². The van der Waals surface area contributed by atoms with Crippen LogP contribution in [0, 0.1) is 18.3 Å². The van der Waals surface area contributed by atoms with Gasteiger partial charge in [0.25, 0.3) is 0 Å². The average Bonchev–Trinajstić information content (AvgIpc) is 3.34. The lowest BCUT2D eigenvalue weighted by Crippen LogP contribution is -2.39. The molecule has 1 aromatic rings. The largest absolute Gasteiger partial charge is 0.357 e. The molecule has 5 heteroatoms. The van der Waals surface area contributed by atoms with E-state index in [1.807, 2.05) is 0 Å². The number of nitrogens with one attached hydrogen (secondary N) is 1. The Morgan fingerprint density at radius 3 is 2.81 bits per heavy atom. The molecule has 3 rings (SSSR count). The van der Waals surface area contributed by atoms with E-state index in [1.54, 1.807) is 11.3 Å². The highest BCUT2D eigenvalue weighted by Gasteiger charge is 2.53. The Labute approximate surface area is 131 Å². The van der Waals surface area contributed by atoms with Crippen molar-refractivity contribution in [2.24, 2.45) is 16.3 Å². The van der Waals surface area contributed by atoms with Crippen LogP contribution < -0.4 is 5.32 Å². The van der Waals surface area contributed by atoms with Crippen molar-refractivity contribution in [1.82, 2.24) is 15.2 Å². The normalized spacial score (nSPS) is 20.4. The summed E-state index contributed by atoms with van der Waals surface area (Å²) in [6.07, 6.45) is 5.63. The molecule has 2 aliphatic rings. The summed E-state index contributed by atoms with van der Waals surface area (Å²) in [5.41, 5.74) is 1.70. The Hall–Kier alpha value is -1.10. The topological polar surface area (TPSA) is 40.5 Å². The average molecular weight is 306 g/mol. The highest BCUT2D eigenvalue weighted by atomic mass is 32.1. The number of hydrogen-bond acceptors (Lipinski definition) is 3. The van der Waals surface area contributed by atoms with Crippen LogP contribution in [0.1, 0.15) is 43.3 Å². The molecular weight excluding hydrogens is 280 g/mol. The number of hydrogen-bond donors (Lipinski definition) is 1. The minimum Gasteiger partial charge on any atom is -0.357 e. The van der Waals surface area contributed by atoms with E-state index in [0.29, 0.717) is 5.41 Å². The van der Waals surface area contributed by atoms with E-state index in [2.05, 4.69) is 41.5 Å². The molecule has 2 saturated carbocycles. The van der Waals surface area contributed by atoms with E-state index in [-0.39, 0.29) is 0 Å². The Kier molecular flexibility index (Phi) is 4.20. The molecule has 0 bridgehead atoms. The summed E-state index contributed by atoms with van der Waals surface area (Å²) in [5.74, 6) is 1.99. The Bertz CT molecular complexity index is 514. The fourth-order valence-corrected chi connectivity index (χ4v) is 3.66. The number of aromatic nitrogens is 1. The second kappa shape index (κ2) is 5.95. The van der Waals surface area contributed by atoms with Gasteiger partial charge in [0.15, 0.2) is 5.96 Å². The fraction of sp³-hybridized carbons (Fsp3) is 0.750. The molecule has 1 aromatic heterocycles. The monoisotopic (exact) mass is 306 g/mol. The molecule has 4 nitrogen and oxygen atoms in total. The lowest BCUT2D eigenvalue weighted by Gasteiger charge is -2.22. The maximum Gasteiger partial charge on any atom is 0.194 e. The molecule has 0 spiro atoms. The molecule has 1 heterocycles. The van der Waals surface area contributed by atoms with Crippen LogP contribution in [0.15, 0.2) is 10.4 Å². The van der Waals surface area contributed by atoms with Gasteiger partial charge in [0, 0.05) is 25.5 Å². The molecule has 0 aliphatic heterocycles. The summed E-state index contributed by atoms with van der Waals surface area (Å²) < 4.78 is 0. The highest BCUT2D eigenvalue weighted by Crippen LogP contribution is 2.61. The molecular formula is C16H26N4S. The standard InChI is InChI=1S/C16H26N4S/c1-4-17-15(18-11-16(7-8-16)13-5-6-13)20(3)9-14-10-21-12(2)19-14/h10,13H,4-9,11H2,1-3H3,(H,17,18). The number of aliphatic imine (C=N–C) groups is 1. The fourth-order valence-electron chi connectivity index (χ4n) is 3.05. The molecule has 0 amide bonds. The van der Waals surface area contributed by atoms with Crippen molar-refractivity contribution in [2.75, 3.05) is 20.1 Å². The first-order valence-electron chi connectivity index (χ1n) is 8.03. The molecule has 0 atom stereocenters. The first-order valence-corrected chi connectivity index (χ1v) is 8.91. The number of thiazole rings is 1. The van der Waals surface area contributed by atoms with Crippen molar-refractivity contribution in [3.05, 3.63) is 16.1 Å². The molecule has 1 N–H and O–H groups in total. The maximum absolute atomic E-state index is 4.92. The van der Waals surface area contributed by atoms with E-state index in [1.165, 1.54) is 25.7 Å².